The van der Waals surface area contributed by atoms with Gasteiger partial charge in [0.05, 0.1) is 21.5 Å². The normalized spacial score (nSPS) is 19.2. The minimum Gasteiger partial charge on any atom is -0.459 e. The Morgan fingerprint density at radius 1 is 0.973 bits per heavy atom. The van der Waals surface area contributed by atoms with Gasteiger partial charge in [-0.3, -0.25) is 0 Å². The molecule has 4 aromatic rings. The van der Waals surface area contributed by atoms with Crippen LogP contribution in [0.15, 0.2) is 61.1 Å². The number of fused-ring (bicyclic) bond motifs is 1. The topological polar surface area (TPSA) is 92.5 Å². The van der Waals surface area contributed by atoms with Crippen molar-refractivity contribution in [3.8, 4) is 0 Å². The number of aryl methyl sites for hydroxylation is 2. The van der Waals surface area contributed by atoms with Crippen molar-refractivity contribution in [2.45, 2.75) is 38.7 Å². The van der Waals surface area contributed by atoms with Crippen LogP contribution < -0.4 is 0 Å². The first kappa shape index (κ1) is 25.2. The molecule has 2 aromatic carbocycles. The smallest absolute Gasteiger partial charge is 0.338 e. The van der Waals surface area contributed by atoms with Crippen LogP contribution in [-0.4, -0.2) is 45.3 Å². The summed E-state index contributed by atoms with van der Waals surface area (Å²) in [6, 6.07) is 14.1. The first-order valence-electron chi connectivity index (χ1n) is 11.6. The number of halogens is 2. The average Bonchev–Trinajstić information content (AvgIpc) is 3.44. The van der Waals surface area contributed by atoms with E-state index >= 15 is 0 Å². The third kappa shape index (κ3) is 5.32. The van der Waals surface area contributed by atoms with Gasteiger partial charge in [0.1, 0.15) is 42.2 Å². The molecule has 0 bridgehead atoms. The number of hydrogen-bond acceptors (Lipinski definition) is 7. The van der Waals surface area contributed by atoms with Crippen LogP contribution in [0.4, 0.5) is 0 Å². The summed E-state index contributed by atoms with van der Waals surface area (Å²) in [6.45, 7) is 3.76. The van der Waals surface area contributed by atoms with Crippen molar-refractivity contribution in [3.63, 3.8) is 0 Å². The highest BCUT2D eigenvalue weighted by Gasteiger charge is 2.41. The van der Waals surface area contributed by atoms with Gasteiger partial charge in [0.25, 0.3) is 0 Å². The first-order chi connectivity index (χ1) is 17.8. The molecule has 37 heavy (non-hydrogen) atoms. The van der Waals surface area contributed by atoms with E-state index in [-0.39, 0.29) is 18.2 Å². The van der Waals surface area contributed by atoms with Crippen LogP contribution in [0.5, 0.6) is 0 Å². The molecule has 1 saturated heterocycles. The summed E-state index contributed by atoms with van der Waals surface area (Å²) in [5.74, 6) is -0.991. The zero-order valence-electron chi connectivity index (χ0n) is 20.1. The molecule has 2 aromatic heterocycles. The number of carbonyl (C=O) groups is 2. The predicted molar refractivity (Wildman–Crippen MR) is 138 cm³/mol. The van der Waals surface area contributed by atoms with Crippen LogP contribution >= 0.6 is 23.2 Å². The lowest BCUT2D eigenvalue weighted by Gasteiger charge is -2.19. The second-order valence-corrected chi connectivity index (χ2v) is 9.65. The molecule has 3 unspecified atom stereocenters. The van der Waals surface area contributed by atoms with Crippen molar-refractivity contribution >= 4 is 46.2 Å². The van der Waals surface area contributed by atoms with E-state index in [4.69, 9.17) is 37.4 Å². The SMILES string of the molecule is Cc1ccc(C(=O)OCC2OC(n3cc(Cl)c4c(Cl)ncnc43)CC2OC(=O)c2ccc(C)cc2)cc1. The summed E-state index contributed by atoms with van der Waals surface area (Å²) < 4.78 is 19.3. The Morgan fingerprint density at radius 2 is 1.59 bits per heavy atom. The second-order valence-electron chi connectivity index (χ2n) is 8.89. The molecule has 10 heteroatoms. The zero-order valence-corrected chi connectivity index (χ0v) is 21.6. The van der Waals surface area contributed by atoms with Gasteiger partial charge in [-0.25, -0.2) is 19.6 Å². The van der Waals surface area contributed by atoms with Crippen molar-refractivity contribution in [2.24, 2.45) is 0 Å². The standard InChI is InChI=1S/C27H23Cl2N3O5/c1-15-3-7-17(8-4-15)26(33)35-13-21-20(37-27(34)18-9-5-16(2)6-10-18)11-22(36-21)32-12-19(28)23-24(29)30-14-31-25(23)32/h3-10,12,14,20-22H,11,13H2,1-2H3. The van der Waals surface area contributed by atoms with Crippen LogP contribution in [-0.2, 0) is 14.2 Å². The minimum atomic E-state index is -0.720. The Bertz CT molecular complexity index is 1450. The molecule has 5 rings (SSSR count). The highest BCUT2D eigenvalue weighted by Crippen LogP contribution is 2.37. The Hall–Kier alpha value is -3.46. The molecule has 0 spiro atoms. The number of hydrogen-bond donors (Lipinski definition) is 0. The largest absolute Gasteiger partial charge is 0.459 e. The van der Waals surface area contributed by atoms with E-state index in [2.05, 4.69) is 9.97 Å². The molecule has 0 radical (unpaired) electrons. The van der Waals surface area contributed by atoms with E-state index in [1.165, 1.54) is 6.33 Å². The molecule has 3 atom stereocenters. The summed E-state index contributed by atoms with van der Waals surface area (Å²) >= 11 is 12.6. The fourth-order valence-electron chi connectivity index (χ4n) is 4.20. The van der Waals surface area contributed by atoms with Gasteiger partial charge in [-0.05, 0) is 38.1 Å². The van der Waals surface area contributed by atoms with Gasteiger partial charge in [0.2, 0.25) is 0 Å². The molecule has 0 saturated carbocycles. The van der Waals surface area contributed by atoms with Crippen LogP contribution in [0.25, 0.3) is 11.0 Å². The maximum Gasteiger partial charge on any atom is 0.338 e. The number of rotatable bonds is 6. The minimum absolute atomic E-state index is 0.113. The highest BCUT2D eigenvalue weighted by atomic mass is 35.5. The van der Waals surface area contributed by atoms with Gasteiger partial charge < -0.3 is 18.8 Å². The Balaban J connectivity index is 1.38. The Kier molecular flexibility index (Phi) is 7.15. The molecular formula is C27H23Cl2N3O5. The Labute approximate surface area is 223 Å². The van der Waals surface area contributed by atoms with Gasteiger partial charge in [0, 0.05) is 12.6 Å². The van der Waals surface area contributed by atoms with Crippen molar-refractivity contribution in [2.75, 3.05) is 6.61 Å². The maximum atomic E-state index is 12.9. The predicted octanol–water partition coefficient (Wildman–Crippen LogP) is 5.73. The summed E-state index contributed by atoms with van der Waals surface area (Å²) in [6.07, 6.45) is 1.26. The molecule has 1 aliphatic heterocycles. The number of aromatic nitrogens is 3. The first-order valence-corrected chi connectivity index (χ1v) is 12.4. The second kappa shape index (κ2) is 10.5. The maximum absolute atomic E-state index is 12.9. The molecule has 8 nitrogen and oxygen atoms in total. The molecule has 0 aliphatic carbocycles. The van der Waals surface area contributed by atoms with Crippen LogP contribution in [0.2, 0.25) is 10.2 Å². The number of esters is 2. The molecular weight excluding hydrogens is 517 g/mol. The van der Waals surface area contributed by atoms with Gasteiger partial charge in [0.15, 0.2) is 0 Å². The molecule has 0 amide bonds. The average molecular weight is 540 g/mol. The van der Waals surface area contributed by atoms with Gasteiger partial charge in [-0.15, -0.1) is 0 Å². The summed E-state index contributed by atoms with van der Waals surface area (Å²) in [5.41, 5.74) is 3.37. The molecule has 0 N–H and O–H groups in total. The molecule has 190 valence electrons. The zero-order chi connectivity index (χ0) is 26.1. The van der Waals surface area contributed by atoms with Crippen LogP contribution in [0.1, 0.15) is 44.5 Å². The van der Waals surface area contributed by atoms with E-state index in [9.17, 15) is 9.59 Å². The van der Waals surface area contributed by atoms with E-state index in [0.29, 0.717) is 27.2 Å². The third-order valence-corrected chi connectivity index (χ3v) is 6.79. The quantitative estimate of drug-likeness (QED) is 0.228. The molecule has 1 aliphatic rings. The van der Waals surface area contributed by atoms with Crippen molar-refractivity contribution in [1.82, 2.24) is 14.5 Å². The van der Waals surface area contributed by atoms with Crippen molar-refractivity contribution in [3.05, 3.63) is 93.5 Å². The van der Waals surface area contributed by atoms with Crippen molar-refractivity contribution in [1.29, 1.82) is 0 Å². The van der Waals surface area contributed by atoms with E-state index < -0.39 is 30.4 Å². The number of benzene rings is 2. The lowest BCUT2D eigenvalue weighted by Crippen LogP contribution is -2.32. The van der Waals surface area contributed by atoms with Crippen LogP contribution in [0, 0.1) is 13.8 Å². The monoisotopic (exact) mass is 539 g/mol. The third-order valence-electron chi connectivity index (χ3n) is 6.22. The highest BCUT2D eigenvalue weighted by molar-refractivity contribution is 6.41. The summed E-state index contributed by atoms with van der Waals surface area (Å²) in [4.78, 5) is 33.8. The lowest BCUT2D eigenvalue weighted by atomic mass is 10.1. The van der Waals surface area contributed by atoms with Gasteiger partial charge in [-0.1, -0.05) is 58.6 Å². The fraction of sp³-hybridized carbons (Fsp3) is 0.259. The van der Waals surface area contributed by atoms with Crippen molar-refractivity contribution < 1.29 is 23.8 Å². The Morgan fingerprint density at radius 3 is 2.24 bits per heavy atom. The number of nitrogens with zero attached hydrogens (tertiary/aromatic N) is 3. The summed E-state index contributed by atoms with van der Waals surface area (Å²) in [5, 5.41) is 1.08. The fourth-order valence-corrected chi connectivity index (χ4v) is 4.75. The van der Waals surface area contributed by atoms with Gasteiger partial charge in [-0.2, -0.15) is 0 Å². The summed E-state index contributed by atoms with van der Waals surface area (Å²) in [7, 11) is 0. The van der Waals surface area contributed by atoms with Gasteiger partial charge >= 0.3 is 11.9 Å². The number of ether oxygens (including phenoxy) is 3. The molecule has 3 heterocycles. The lowest BCUT2D eigenvalue weighted by molar-refractivity contribution is -0.0562. The van der Waals surface area contributed by atoms with E-state index in [1.54, 1.807) is 35.0 Å². The molecule has 1 fully saturated rings. The van der Waals surface area contributed by atoms with Crippen LogP contribution in [0.3, 0.4) is 0 Å². The number of carbonyl (C=O) groups excluding carboxylic acids is 2. The van der Waals surface area contributed by atoms with E-state index in [0.717, 1.165) is 11.1 Å². The van der Waals surface area contributed by atoms with E-state index in [1.807, 2.05) is 38.1 Å².